The molecule has 1 fully saturated rings. The quantitative estimate of drug-likeness (QED) is 0.411. The van der Waals surface area contributed by atoms with E-state index >= 15 is 0 Å². The van der Waals surface area contributed by atoms with Crippen molar-refractivity contribution in [1.29, 1.82) is 0 Å². The van der Waals surface area contributed by atoms with Gasteiger partial charge in [0.25, 0.3) is 0 Å². The first-order chi connectivity index (χ1) is 14.4. The molecule has 0 bridgehead atoms. The molecule has 3 aromatic carbocycles. The van der Waals surface area contributed by atoms with E-state index in [0.717, 1.165) is 0 Å². The molecule has 0 radical (unpaired) electrons. The molecule has 30 heavy (non-hydrogen) atoms. The van der Waals surface area contributed by atoms with E-state index in [-0.39, 0.29) is 5.41 Å². The smallest absolute Gasteiger partial charge is 0.0491 e. The highest BCUT2D eigenvalue weighted by Gasteiger charge is 2.50. The molecule has 0 N–H and O–H groups in total. The third-order valence-electron chi connectivity index (χ3n) is 8.13. The van der Waals surface area contributed by atoms with Crippen LogP contribution in [0.1, 0.15) is 76.6 Å². The zero-order valence-electron chi connectivity index (χ0n) is 19.2. The van der Waals surface area contributed by atoms with E-state index in [1.54, 1.807) is 11.1 Å². The molecule has 0 amide bonds. The Morgan fingerprint density at radius 1 is 0.600 bits per heavy atom. The minimum atomic E-state index is -0.0181. The van der Waals surface area contributed by atoms with Crippen LogP contribution in [0.15, 0.2) is 48.5 Å². The molecule has 0 heterocycles. The molecule has 5 rings (SSSR count). The van der Waals surface area contributed by atoms with Crippen molar-refractivity contribution in [2.75, 3.05) is 0 Å². The van der Waals surface area contributed by atoms with Crippen molar-refractivity contribution in [3.63, 3.8) is 0 Å². The minimum absolute atomic E-state index is 0.0181. The van der Waals surface area contributed by atoms with Crippen LogP contribution in [0.5, 0.6) is 0 Å². The number of aryl methyl sites for hydroxylation is 5. The van der Waals surface area contributed by atoms with Gasteiger partial charge in [0.2, 0.25) is 0 Å². The third-order valence-corrected chi connectivity index (χ3v) is 8.13. The van der Waals surface area contributed by atoms with Crippen molar-refractivity contribution in [3.05, 3.63) is 93.0 Å². The predicted molar refractivity (Wildman–Crippen MR) is 128 cm³/mol. The molecule has 154 valence electrons. The summed E-state index contributed by atoms with van der Waals surface area (Å²) in [6.07, 6.45) is 6.76. The first kappa shape index (κ1) is 19.6. The normalized spacial score (nSPS) is 17.6. The maximum atomic E-state index is 2.53. The lowest BCUT2D eigenvalue weighted by molar-refractivity contribution is 0.275. The Balaban J connectivity index is 1.91. The number of hydrogen-bond donors (Lipinski definition) is 0. The van der Waals surface area contributed by atoms with Crippen molar-refractivity contribution in [2.45, 2.75) is 72.1 Å². The van der Waals surface area contributed by atoms with E-state index in [1.165, 1.54) is 76.6 Å². The van der Waals surface area contributed by atoms with E-state index in [2.05, 4.69) is 83.1 Å². The fraction of sp³-hybridized carbons (Fsp3) is 0.400. The zero-order valence-corrected chi connectivity index (χ0v) is 19.2. The largest absolute Gasteiger partial charge is 0.0590 e. The van der Waals surface area contributed by atoms with Crippen molar-refractivity contribution >= 4 is 0 Å². The molecule has 0 nitrogen and oxygen atoms in total. The topological polar surface area (TPSA) is 0 Å². The Kier molecular flexibility index (Phi) is 4.65. The van der Waals surface area contributed by atoms with Gasteiger partial charge in [-0.25, -0.2) is 0 Å². The van der Waals surface area contributed by atoms with E-state index in [0.29, 0.717) is 5.92 Å². The van der Waals surface area contributed by atoms with E-state index < -0.39 is 0 Å². The molecular weight excluding hydrogens is 360 g/mol. The summed E-state index contributed by atoms with van der Waals surface area (Å²) in [4.78, 5) is 0. The highest BCUT2D eigenvalue weighted by atomic mass is 14.5. The zero-order chi connectivity index (χ0) is 21.0. The molecule has 0 aliphatic heterocycles. The molecule has 0 heteroatoms. The maximum Gasteiger partial charge on any atom is 0.0491 e. The highest BCUT2D eigenvalue weighted by Crippen LogP contribution is 2.59. The average Bonchev–Trinajstić information content (AvgIpc) is 2.99. The van der Waals surface area contributed by atoms with E-state index in [1.807, 2.05) is 0 Å². The Labute approximate surface area is 182 Å². The van der Waals surface area contributed by atoms with Gasteiger partial charge in [0.15, 0.2) is 0 Å². The van der Waals surface area contributed by atoms with E-state index in [4.69, 9.17) is 0 Å². The summed E-state index contributed by atoms with van der Waals surface area (Å²) in [6.45, 7) is 11.3. The van der Waals surface area contributed by atoms with Gasteiger partial charge in [-0.15, -0.1) is 0 Å². The van der Waals surface area contributed by atoms with Gasteiger partial charge in [-0.05, 0) is 103 Å². The second-order valence-electron chi connectivity index (χ2n) is 9.97. The number of hydrogen-bond acceptors (Lipinski definition) is 0. The summed E-state index contributed by atoms with van der Waals surface area (Å²) >= 11 is 0. The molecule has 1 saturated carbocycles. The van der Waals surface area contributed by atoms with Gasteiger partial charge in [0.1, 0.15) is 0 Å². The highest BCUT2D eigenvalue weighted by molar-refractivity contribution is 5.85. The molecule has 0 saturated heterocycles. The molecule has 0 atom stereocenters. The van der Waals surface area contributed by atoms with Crippen LogP contribution in [0.2, 0.25) is 0 Å². The molecule has 3 aromatic rings. The lowest BCUT2D eigenvalue weighted by Gasteiger charge is -2.43. The van der Waals surface area contributed by atoms with Gasteiger partial charge in [-0.1, -0.05) is 73.4 Å². The SMILES string of the molecule is Cc1ccc(C2(C3CCCCC3)c3cc(C)c(C)cc3-c3cc(C)c(C)cc32)cc1. The molecule has 0 spiro atoms. The van der Waals surface area contributed by atoms with Gasteiger partial charge in [0.05, 0.1) is 0 Å². The lowest BCUT2D eigenvalue weighted by Crippen LogP contribution is -2.37. The molecule has 0 aromatic heterocycles. The second-order valence-corrected chi connectivity index (χ2v) is 9.97. The van der Waals surface area contributed by atoms with Gasteiger partial charge in [-0.3, -0.25) is 0 Å². The van der Waals surface area contributed by atoms with E-state index in [9.17, 15) is 0 Å². The van der Waals surface area contributed by atoms with Crippen molar-refractivity contribution in [2.24, 2.45) is 5.92 Å². The summed E-state index contributed by atoms with van der Waals surface area (Å²) in [6, 6.07) is 19.5. The van der Waals surface area contributed by atoms with Crippen molar-refractivity contribution in [1.82, 2.24) is 0 Å². The fourth-order valence-corrected chi connectivity index (χ4v) is 6.21. The summed E-state index contributed by atoms with van der Waals surface area (Å²) in [7, 11) is 0. The van der Waals surface area contributed by atoms with Crippen LogP contribution in [0, 0.1) is 40.5 Å². The molecular formula is C30H34. The maximum absolute atomic E-state index is 2.53. The standard InChI is InChI=1S/C30H34/c1-19-11-13-25(14-12-19)30(24-9-7-6-8-10-24)28-17-22(4)20(2)15-26(28)27-16-21(3)23(5)18-29(27)30/h11-18,24H,6-10H2,1-5H3. The van der Waals surface area contributed by atoms with Crippen molar-refractivity contribution in [3.8, 4) is 11.1 Å². The third kappa shape index (κ3) is 2.73. The first-order valence-electron chi connectivity index (χ1n) is 11.7. The van der Waals surface area contributed by atoms with Crippen LogP contribution in [0.3, 0.4) is 0 Å². The van der Waals surface area contributed by atoms with Crippen LogP contribution in [-0.4, -0.2) is 0 Å². The Hall–Kier alpha value is -2.34. The first-order valence-corrected chi connectivity index (χ1v) is 11.7. The fourth-order valence-electron chi connectivity index (χ4n) is 6.21. The van der Waals surface area contributed by atoms with Crippen LogP contribution < -0.4 is 0 Å². The summed E-state index contributed by atoms with van der Waals surface area (Å²) < 4.78 is 0. The van der Waals surface area contributed by atoms with Crippen LogP contribution in [0.4, 0.5) is 0 Å². The molecule has 0 unspecified atom stereocenters. The van der Waals surface area contributed by atoms with Crippen LogP contribution in [-0.2, 0) is 5.41 Å². The van der Waals surface area contributed by atoms with Gasteiger partial charge in [-0.2, -0.15) is 0 Å². The lowest BCUT2D eigenvalue weighted by atomic mass is 9.60. The van der Waals surface area contributed by atoms with Crippen LogP contribution >= 0.6 is 0 Å². The molecule has 2 aliphatic rings. The summed E-state index contributed by atoms with van der Waals surface area (Å²) in [5.41, 5.74) is 14.5. The molecule has 2 aliphatic carbocycles. The number of fused-ring (bicyclic) bond motifs is 3. The number of benzene rings is 3. The summed E-state index contributed by atoms with van der Waals surface area (Å²) in [5, 5.41) is 0. The second kappa shape index (κ2) is 7.12. The van der Waals surface area contributed by atoms with Gasteiger partial charge < -0.3 is 0 Å². The van der Waals surface area contributed by atoms with Gasteiger partial charge in [0, 0.05) is 5.41 Å². The monoisotopic (exact) mass is 394 g/mol. The Morgan fingerprint density at radius 2 is 1.07 bits per heavy atom. The van der Waals surface area contributed by atoms with Crippen molar-refractivity contribution < 1.29 is 0 Å². The Morgan fingerprint density at radius 3 is 1.57 bits per heavy atom. The average molecular weight is 395 g/mol. The van der Waals surface area contributed by atoms with Crippen LogP contribution in [0.25, 0.3) is 11.1 Å². The minimum Gasteiger partial charge on any atom is -0.0590 e. The van der Waals surface area contributed by atoms with Gasteiger partial charge >= 0.3 is 0 Å². The Bertz CT molecular complexity index is 1050. The predicted octanol–water partition coefficient (Wildman–Crippen LogP) is 8.12. The summed E-state index contributed by atoms with van der Waals surface area (Å²) in [5.74, 6) is 0.665. The number of rotatable bonds is 2.